The zero-order valence-electron chi connectivity index (χ0n) is 19.2. The Hall–Kier alpha value is -3.43. The van der Waals surface area contributed by atoms with Crippen LogP contribution in [0.1, 0.15) is 12.5 Å². The zero-order chi connectivity index (χ0) is 25.6. The summed E-state index contributed by atoms with van der Waals surface area (Å²) in [5.74, 6) is -1.59. The van der Waals surface area contributed by atoms with E-state index in [4.69, 9.17) is 11.6 Å². The molecule has 1 atom stereocenters. The van der Waals surface area contributed by atoms with Gasteiger partial charge in [-0.05, 0) is 61.0 Å². The number of hydrogen-bond acceptors (Lipinski definition) is 4. The maximum atomic E-state index is 13.6. The number of nitrogens with one attached hydrogen (secondary N) is 1. The summed E-state index contributed by atoms with van der Waals surface area (Å²) < 4.78 is 41.5. The molecule has 0 fully saturated rings. The van der Waals surface area contributed by atoms with Crippen molar-refractivity contribution in [1.82, 2.24) is 10.2 Å². The van der Waals surface area contributed by atoms with Crippen LogP contribution in [-0.2, 0) is 26.2 Å². The summed E-state index contributed by atoms with van der Waals surface area (Å²) in [7, 11) is -2.73. The van der Waals surface area contributed by atoms with E-state index in [1.165, 1.54) is 36.2 Å². The molecule has 1 N–H and O–H groups in total. The van der Waals surface area contributed by atoms with E-state index in [1.54, 1.807) is 49.4 Å². The molecule has 3 aromatic carbocycles. The minimum Gasteiger partial charge on any atom is -0.357 e. The number of rotatable bonds is 9. The van der Waals surface area contributed by atoms with E-state index in [0.29, 0.717) is 10.6 Å². The third-order valence-electron chi connectivity index (χ3n) is 5.38. The third kappa shape index (κ3) is 6.37. The highest BCUT2D eigenvalue weighted by Crippen LogP contribution is 2.25. The molecule has 0 aliphatic carbocycles. The van der Waals surface area contributed by atoms with Crippen LogP contribution in [0.2, 0.25) is 5.02 Å². The summed E-state index contributed by atoms with van der Waals surface area (Å²) in [5.41, 5.74) is 0.778. The molecule has 0 spiro atoms. The Bertz CT molecular complexity index is 1290. The quantitative estimate of drug-likeness (QED) is 0.467. The normalized spacial score (nSPS) is 12.0. The average molecular weight is 518 g/mol. The van der Waals surface area contributed by atoms with Gasteiger partial charge in [-0.2, -0.15) is 0 Å². The Morgan fingerprint density at radius 3 is 2.26 bits per heavy atom. The van der Waals surface area contributed by atoms with Crippen molar-refractivity contribution in [2.45, 2.75) is 24.4 Å². The smallest absolute Gasteiger partial charge is 0.264 e. The number of benzene rings is 3. The van der Waals surface area contributed by atoms with Gasteiger partial charge in [0.2, 0.25) is 11.8 Å². The Labute approximate surface area is 209 Å². The maximum Gasteiger partial charge on any atom is 0.264 e. The Kier molecular flexibility index (Phi) is 8.48. The van der Waals surface area contributed by atoms with Gasteiger partial charge >= 0.3 is 0 Å². The fourth-order valence-corrected chi connectivity index (χ4v) is 5.13. The minimum absolute atomic E-state index is 0.0244. The van der Waals surface area contributed by atoms with Crippen LogP contribution in [0.15, 0.2) is 83.8 Å². The zero-order valence-corrected chi connectivity index (χ0v) is 20.8. The number of sulfonamides is 1. The van der Waals surface area contributed by atoms with Crippen molar-refractivity contribution >= 4 is 39.1 Å². The molecule has 35 heavy (non-hydrogen) atoms. The van der Waals surface area contributed by atoms with E-state index in [9.17, 15) is 22.4 Å². The van der Waals surface area contributed by atoms with Crippen LogP contribution < -0.4 is 9.62 Å². The fraction of sp³-hybridized carbons (Fsp3) is 0.200. The summed E-state index contributed by atoms with van der Waals surface area (Å²) in [6.45, 7) is 0.969. The van der Waals surface area contributed by atoms with Crippen molar-refractivity contribution in [3.8, 4) is 0 Å². The number of carbonyl (C=O) groups excluding carboxylic acids is 2. The number of halogens is 2. The van der Waals surface area contributed by atoms with Crippen LogP contribution in [0.25, 0.3) is 0 Å². The number of anilines is 1. The number of likely N-dealkylation sites (N-methyl/N-ethyl adjacent to an activating group) is 1. The van der Waals surface area contributed by atoms with Crippen LogP contribution in [0.3, 0.4) is 0 Å². The van der Waals surface area contributed by atoms with E-state index in [1.807, 2.05) is 0 Å². The van der Waals surface area contributed by atoms with Crippen LogP contribution >= 0.6 is 11.6 Å². The van der Waals surface area contributed by atoms with E-state index in [-0.39, 0.29) is 17.1 Å². The summed E-state index contributed by atoms with van der Waals surface area (Å²) in [5, 5.41) is 2.97. The summed E-state index contributed by atoms with van der Waals surface area (Å²) in [6, 6.07) is 18.3. The number of carbonyl (C=O) groups is 2. The number of hydrogen-bond donors (Lipinski definition) is 1. The van der Waals surface area contributed by atoms with Crippen LogP contribution in [0.4, 0.5) is 10.1 Å². The minimum atomic E-state index is -4.18. The SMILES string of the molecule is CNC(=O)C(C)N(Cc1cccc(Cl)c1)C(=O)CN(c1ccc(F)cc1)S(=O)(=O)c1ccccc1. The average Bonchev–Trinajstić information content (AvgIpc) is 2.86. The van der Waals surface area contributed by atoms with Crippen molar-refractivity contribution in [3.63, 3.8) is 0 Å². The second-order valence-corrected chi connectivity index (χ2v) is 10.0. The molecule has 0 heterocycles. The fourth-order valence-electron chi connectivity index (χ4n) is 3.48. The highest BCUT2D eigenvalue weighted by atomic mass is 35.5. The van der Waals surface area contributed by atoms with Crippen LogP contribution in [0, 0.1) is 5.82 Å². The number of amides is 2. The van der Waals surface area contributed by atoms with E-state index in [0.717, 1.165) is 16.4 Å². The molecule has 7 nitrogen and oxygen atoms in total. The lowest BCUT2D eigenvalue weighted by Crippen LogP contribution is -2.50. The first kappa shape index (κ1) is 26.2. The summed E-state index contributed by atoms with van der Waals surface area (Å²) in [6.07, 6.45) is 0. The highest BCUT2D eigenvalue weighted by molar-refractivity contribution is 7.92. The van der Waals surface area contributed by atoms with Gasteiger partial charge in [0.05, 0.1) is 10.6 Å². The lowest BCUT2D eigenvalue weighted by atomic mass is 10.1. The first-order valence-corrected chi connectivity index (χ1v) is 12.5. The molecule has 184 valence electrons. The molecule has 1 unspecified atom stereocenters. The van der Waals surface area contributed by atoms with Gasteiger partial charge in [-0.15, -0.1) is 0 Å². The molecule has 0 saturated heterocycles. The van der Waals surface area contributed by atoms with Crippen LogP contribution in [0.5, 0.6) is 0 Å². The van der Waals surface area contributed by atoms with Crippen molar-refractivity contribution in [3.05, 3.63) is 95.3 Å². The molecule has 3 rings (SSSR count). The molecule has 0 aliphatic rings. The predicted molar refractivity (Wildman–Crippen MR) is 133 cm³/mol. The molecule has 10 heteroatoms. The number of nitrogens with zero attached hydrogens (tertiary/aromatic N) is 2. The van der Waals surface area contributed by atoms with E-state index < -0.39 is 40.2 Å². The first-order valence-electron chi connectivity index (χ1n) is 10.7. The molecule has 0 aliphatic heterocycles. The molecule has 0 saturated carbocycles. The van der Waals surface area contributed by atoms with Crippen molar-refractivity contribution in [2.24, 2.45) is 0 Å². The first-order chi connectivity index (χ1) is 16.6. The Morgan fingerprint density at radius 2 is 1.66 bits per heavy atom. The molecule has 2 amide bonds. The van der Waals surface area contributed by atoms with Crippen molar-refractivity contribution in [1.29, 1.82) is 0 Å². The molecule has 0 bridgehead atoms. The molecule has 0 radical (unpaired) electrons. The molecule has 0 aromatic heterocycles. The third-order valence-corrected chi connectivity index (χ3v) is 7.40. The van der Waals surface area contributed by atoms with Gasteiger partial charge in [0.15, 0.2) is 0 Å². The Morgan fingerprint density at radius 1 is 1.00 bits per heavy atom. The van der Waals surface area contributed by atoms with Gasteiger partial charge in [-0.3, -0.25) is 13.9 Å². The highest BCUT2D eigenvalue weighted by Gasteiger charge is 2.32. The van der Waals surface area contributed by atoms with Crippen molar-refractivity contribution in [2.75, 3.05) is 17.9 Å². The van der Waals surface area contributed by atoms with Gasteiger partial charge in [-0.1, -0.05) is 41.9 Å². The lowest BCUT2D eigenvalue weighted by molar-refractivity contribution is -0.139. The summed E-state index contributed by atoms with van der Waals surface area (Å²) >= 11 is 6.08. The van der Waals surface area contributed by atoms with Gasteiger partial charge in [0.25, 0.3) is 10.0 Å². The topological polar surface area (TPSA) is 86.8 Å². The Balaban J connectivity index is 2.01. The van der Waals surface area contributed by atoms with Gasteiger partial charge in [0.1, 0.15) is 18.4 Å². The lowest BCUT2D eigenvalue weighted by Gasteiger charge is -2.31. The van der Waals surface area contributed by atoms with E-state index >= 15 is 0 Å². The monoisotopic (exact) mass is 517 g/mol. The summed E-state index contributed by atoms with van der Waals surface area (Å²) in [4.78, 5) is 27.2. The second kappa shape index (κ2) is 11.3. The van der Waals surface area contributed by atoms with E-state index in [2.05, 4.69) is 5.32 Å². The van der Waals surface area contributed by atoms with Gasteiger partial charge in [0, 0.05) is 18.6 Å². The van der Waals surface area contributed by atoms with Crippen LogP contribution in [-0.4, -0.2) is 44.8 Å². The molecule has 3 aromatic rings. The molecular weight excluding hydrogens is 493 g/mol. The second-order valence-electron chi connectivity index (χ2n) is 7.74. The maximum absolute atomic E-state index is 13.6. The largest absolute Gasteiger partial charge is 0.357 e. The standard InChI is InChI=1S/C25H25ClFN3O4S/c1-18(25(32)28-2)29(16-19-7-6-8-20(26)15-19)24(31)17-30(22-13-11-21(27)12-14-22)35(33,34)23-9-4-3-5-10-23/h3-15,18H,16-17H2,1-2H3,(H,28,32). The van der Waals surface area contributed by atoms with Gasteiger partial charge < -0.3 is 10.2 Å². The van der Waals surface area contributed by atoms with Gasteiger partial charge in [-0.25, -0.2) is 12.8 Å². The predicted octanol–water partition coefficient (Wildman–Crippen LogP) is 3.84. The van der Waals surface area contributed by atoms with Crippen molar-refractivity contribution < 1.29 is 22.4 Å². The molecular formula is C25H25ClFN3O4S.